The number of carbonyl (C=O) groups is 1. The first kappa shape index (κ1) is 18.8. The number of aliphatic hydroxyl groups is 1. The molecule has 0 aromatic heterocycles. The molecule has 0 aliphatic heterocycles. The number of rotatable bonds is 5. The van der Waals surface area contributed by atoms with Gasteiger partial charge in [0.1, 0.15) is 0 Å². The smallest absolute Gasteiger partial charge is 0.303 e. The minimum absolute atomic E-state index is 0.184. The van der Waals surface area contributed by atoms with Gasteiger partial charge < -0.3 is 10.2 Å². The molecule has 0 aromatic rings. The fraction of sp³-hybridized carbons (Fsp3) is 0.950. The van der Waals surface area contributed by atoms with Gasteiger partial charge in [-0.25, -0.2) is 0 Å². The Bertz CT molecular complexity index is 440. The minimum atomic E-state index is -0.712. The van der Waals surface area contributed by atoms with Crippen molar-refractivity contribution in [3.8, 4) is 0 Å². The predicted molar refractivity (Wildman–Crippen MR) is 93.2 cm³/mol. The Kier molecular flexibility index (Phi) is 5.21. The summed E-state index contributed by atoms with van der Waals surface area (Å²) in [5, 5.41) is 20.1. The van der Waals surface area contributed by atoms with Crippen molar-refractivity contribution in [3.63, 3.8) is 0 Å². The molecular formula is C20H36O3. The van der Waals surface area contributed by atoms with Crippen LogP contribution in [0, 0.1) is 28.6 Å². The standard InChI is InChI=1S/C20H36O3/c1-14(13-17(21)22)7-8-16-19(4)11-6-10-18(2,3)15(19)9-12-20(16,5)23/h14-16,23H,6-13H2,1-5H3,(H,21,22)/t14-,15-,16+,19-,20-/m1/s1. The molecule has 2 aliphatic carbocycles. The van der Waals surface area contributed by atoms with E-state index < -0.39 is 11.6 Å². The first-order valence-electron chi connectivity index (χ1n) is 9.43. The third-order valence-electron chi connectivity index (χ3n) is 7.23. The second-order valence-electron chi connectivity index (χ2n) is 9.63. The third-order valence-corrected chi connectivity index (χ3v) is 7.23. The number of aliphatic carboxylic acids is 1. The predicted octanol–water partition coefficient (Wildman–Crippen LogP) is 4.87. The number of hydrogen-bond acceptors (Lipinski definition) is 2. The fourth-order valence-corrected chi connectivity index (χ4v) is 6.12. The quantitative estimate of drug-likeness (QED) is 0.758. The zero-order valence-electron chi connectivity index (χ0n) is 15.7. The van der Waals surface area contributed by atoms with Crippen molar-refractivity contribution in [1.29, 1.82) is 0 Å². The van der Waals surface area contributed by atoms with Crippen LogP contribution in [0.1, 0.15) is 86.0 Å². The van der Waals surface area contributed by atoms with E-state index in [-0.39, 0.29) is 23.7 Å². The highest BCUT2D eigenvalue weighted by molar-refractivity contribution is 5.66. The molecule has 3 nitrogen and oxygen atoms in total. The van der Waals surface area contributed by atoms with Crippen LogP contribution in [-0.2, 0) is 4.79 Å². The molecule has 0 amide bonds. The number of fused-ring (bicyclic) bond motifs is 1. The van der Waals surface area contributed by atoms with Crippen LogP contribution in [0.4, 0.5) is 0 Å². The molecular weight excluding hydrogens is 288 g/mol. The van der Waals surface area contributed by atoms with Crippen molar-refractivity contribution in [2.45, 2.75) is 91.6 Å². The summed E-state index contributed by atoms with van der Waals surface area (Å²) < 4.78 is 0. The Labute approximate surface area is 141 Å². The van der Waals surface area contributed by atoms with E-state index in [0.29, 0.717) is 11.3 Å². The van der Waals surface area contributed by atoms with Gasteiger partial charge in [0, 0.05) is 6.42 Å². The molecule has 0 heterocycles. The molecule has 134 valence electrons. The van der Waals surface area contributed by atoms with Gasteiger partial charge in [-0.2, -0.15) is 0 Å². The molecule has 0 unspecified atom stereocenters. The second-order valence-corrected chi connectivity index (χ2v) is 9.63. The zero-order valence-corrected chi connectivity index (χ0v) is 15.7. The van der Waals surface area contributed by atoms with Crippen LogP contribution >= 0.6 is 0 Å². The highest BCUT2D eigenvalue weighted by Crippen LogP contribution is 2.63. The van der Waals surface area contributed by atoms with Crippen molar-refractivity contribution < 1.29 is 15.0 Å². The number of carboxylic acid groups (broad SMARTS) is 1. The Morgan fingerprint density at radius 2 is 1.83 bits per heavy atom. The Morgan fingerprint density at radius 3 is 2.43 bits per heavy atom. The summed E-state index contributed by atoms with van der Waals surface area (Å²) in [6.07, 6.45) is 7.83. The Hall–Kier alpha value is -0.570. The third kappa shape index (κ3) is 3.75. The fourth-order valence-electron chi connectivity index (χ4n) is 6.12. The SMILES string of the molecule is C[C@H](CC[C@H]1[C@]2(C)CCCC(C)(C)[C@H]2CC[C@@]1(C)O)CC(=O)O. The summed E-state index contributed by atoms with van der Waals surface area (Å²) in [7, 11) is 0. The average Bonchev–Trinajstić information content (AvgIpc) is 2.34. The van der Waals surface area contributed by atoms with Crippen molar-refractivity contribution in [2.24, 2.45) is 28.6 Å². The van der Waals surface area contributed by atoms with E-state index >= 15 is 0 Å². The average molecular weight is 325 g/mol. The van der Waals surface area contributed by atoms with E-state index in [1.54, 1.807) is 0 Å². The van der Waals surface area contributed by atoms with Gasteiger partial charge in [-0.3, -0.25) is 4.79 Å². The van der Waals surface area contributed by atoms with Crippen LogP contribution in [0.15, 0.2) is 0 Å². The molecule has 23 heavy (non-hydrogen) atoms. The molecule has 0 bridgehead atoms. The summed E-state index contributed by atoms with van der Waals surface area (Å²) in [5.41, 5.74) is -0.0670. The van der Waals surface area contributed by atoms with Gasteiger partial charge in [0.25, 0.3) is 0 Å². The monoisotopic (exact) mass is 324 g/mol. The van der Waals surface area contributed by atoms with Crippen molar-refractivity contribution >= 4 is 5.97 Å². The molecule has 5 atom stereocenters. The van der Waals surface area contributed by atoms with E-state index in [1.165, 1.54) is 19.3 Å². The lowest BCUT2D eigenvalue weighted by atomic mass is 9.45. The van der Waals surface area contributed by atoms with Crippen LogP contribution < -0.4 is 0 Å². The topological polar surface area (TPSA) is 57.5 Å². The molecule has 2 aliphatic rings. The van der Waals surface area contributed by atoms with Gasteiger partial charge >= 0.3 is 5.97 Å². The summed E-state index contributed by atoms with van der Waals surface area (Å²) in [4.78, 5) is 10.9. The van der Waals surface area contributed by atoms with E-state index in [4.69, 9.17) is 5.11 Å². The highest BCUT2D eigenvalue weighted by Gasteiger charge is 2.57. The Balaban J connectivity index is 2.17. The van der Waals surface area contributed by atoms with Crippen LogP contribution in [-0.4, -0.2) is 21.8 Å². The zero-order chi connectivity index (χ0) is 17.5. The second kappa shape index (κ2) is 6.38. The van der Waals surface area contributed by atoms with E-state index in [0.717, 1.165) is 25.7 Å². The Morgan fingerprint density at radius 1 is 1.17 bits per heavy atom. The maximum Gasteiger partial charge on any atom is 0.303 e. The van der Waals surface area contributed by atoms with Crippen molar-refractivity contribution in [1.82, 2.24) is 0 Å². The molecule has 3 heteroatoms. The first-order chi connectivity index (χ1) is 10.5. The van der Waals surface area contributed by atoms with Gasteiger partial charge in [-0.05, 0) is 74.0 Å². The van der Waals surface area contributed by atoms with Crippen LogP contribution in [0.5, 0.6) is 0 Å². The van der Waals surface area contributed by atoms with Gasteiger partial charge in [-0.1, -0.05) is 34.1 Å². The molecule has 0 radical (unpaired) electrons. The summed E-state index contributed by atoms with van der Waals surface area (Å²) in [5.74, 6) is 0.424. The maximum atomic E-state index is 11.1. The molecule has 2 fully saturated rings. The number of carboxylic acids is 1. The lowest BCUT2D eigenvalue weighted by Gasteiger charge is -2.61. The van der Waals surface area contributed by atoms with Gasteiger partial charge in [0.05, 0.1) is 5.60 Å². The first-order valence-corrected chi connectivity index (χ1v) is 9.43. The molecule has 2 N–H and O–H groups in total. The molecule has 2 rings (SSSR count). The molecule has 0 saturated heterocycles. The minimum Gasteiger partial charge on any atom is -0.481 e. The lowest BCUT2D eigenvalue weighted by Crippen LogP contribution is -2.57. The van der Waals surface area contributed by atoms with Gasteiger partial charge in [0.15, 0.2) is 0 Å². The van der Waals surface area contributed by atoms with Gasteiger partial charge in [0.2, 0.25) is 0 Å². The van der Waals surface area contributed by atoms with E-state index in [9.17, 15) is 9.90 Å². The van der Waals surface area contributed by atoms with Crippen LogP contribution in [0.3, 0.4) is 0 Å². The molecule has 2 saturated carbocycles. The normalized spacial score (nSPS) is 41.1. The molecule has 0 aromatic carbocycles. The lowest BCUT2D eigenvalue weighted by molar-refractivity contribution is -0.170. The van der Waals surface area contributed by atoms with Gasteiger partial charge in [-0.15, -0.1) is 0 Å². The maximum absolute atomic E-state index is 11.1. The largest absolute Gasteiger partial charge is 0.481 e. The van der Waals surface area contributed by atoms with Crippen LogP contribution in [0.2, 0.25) is 0 Å². The van der Waals surface area contributed by atoms with E-state index in [2.05, 4.69) is 20.8 Å². The van der Waals surface area contributed by atoms with Crippen molar-refractivity contribution in [2.75, 3.05) is 0 Å². The highest BCUT2D eigenvalue weighted by atomic mass is 16.4. The summed E-state index contributed by atoms with van der Waals surface area (Å²) >= 11 is 0. The van der Waals surface area contributed by atoms with Crippen molar-refractivity contribution in [3.05, 3.63) is 0 Å². The van der Waals surface area contributed by atoms with E-state index in [1.807, 2.05) is 13.8 Å². The summed E-state index contributed by atoms with van der Waals surface area (Å²) in [6, 6.07) is 0. The summed E-state index contributed by atoms with van der Waals surface area (Å²) in [6.45, 7) is 11.2. The number of hydrogen-bond donors (Lipinski definition) is 2. The molecule has 0 spiro atoms. The van der Waals surface area contributed by atoms with Crippen LogP contribution in [0.25, 0.3) is 0 Å².